The molecule has 1 aromatic rings. The molecule has 13 heavy (non-hydrogen) atoms. The summed E-state index contributed by atoms with van der Waals surface area (Å²) in [5.74, 6) is 0. The van der Waals surface area contributed by atoms with Crippen LogP contribution in [0.3, 0.4) is 0 Å². The van der Waals surface area contributed by atoms with Gasteiger partial charge in [-0.25, -0.2) is 0 Å². The Morgan fingerprint density at radius 3 is 2.69 bits per heavy atom. The van der Waals surface area contributed by atoms with E-state index in [4.69, 9.17) is 0 Å². The van der Waals surface area contributed by atoms with Crippen molar-refractivity contribution in [2.24, 2.45) is 0 Å². The molecule has 0 amide bonds. The van der Waals surface area contributed by atoms with Gasteiger partial charge in [-0.1, -0.05) is 49.4 Å². The smallest absolute Gasteiger partial charge is 0.106 e. The predicted octanol–water partition coefficient (Wildman–Crippen LogP) is 3.65. The summed E-state index contributed by atoms with van der Waals surface area (Å²) in [6.45, 7) is 2.27. The Balaban J connectivity index is 2.25. The third kappa shape index (κ3) is 4.93. The Morgan fingerprint density at radius 1 is 1.23 bits per heavy atom. The van der Waals surface area contributed by atoms with Crippen LogP contribution in [0.4, 0.5) is 0 Å². The monoisotopic (exact) mass is 187 g/mol. The van der Waals surface area contributed by atoms with E-state index in [0.717, 1.165) is 0 Å². The van der Waals surface area contributed by atoms with Gasteiger partial charge in [-0.15, -0.1) is 10.6 Å². The summed E-state index contributed by atoms with van der Waals surface area (Å²) in [5, 5.41) is 2.79. The van der Waals surface area contributed by atoms with Gasteiger partial charge in [0.2, 0.25) is 0 Å². The van der Waals surface area contributed by atoms with Crippen molar-refractivity contribution in [1.29, 1.82) is 0 Å². The second kappa shape index (κ2) is 6.95. The molecule has 0 atom stereocenters. The molecule has 0 saturated heterocycles. The largest absolute Gasteiger partial charge is 0.199 e. The SMILES string of the molecule is C[CH2][Al][CH2]CC=Cc1ccccc1. The topological polar surface area (TPSA) is 0 Å². The zero-order valence-electron chi connectivity index (χ0n) is 8.24. The van der Waals surface area contributed by atoms with Crippen molar-refractivity contribution in [2.45, 2.75) is 23.9 Å². The quantitative estimate of drug-likeness (QED) is 0.487. The Kier molecular flexibility index (Phi) is 5.65. The van der Waals surface area contributed by atoms with Crippen LogP contribution in [0.25, 0.3) is 6.08 Å². The molecule has 0 heterocycles. The molecule has 0 fully saturated rings. The molecule has 1 rings (SSSR count). The van der Waals surface area contributed by atoms with Gasteiger partial charge < -0.3 is 0 Å². The zero-order valence-corrected chi connectivity index (χ0v) is 9.39. The van der Waals surface area contributed by atoms with Crippen molar-refractivity contribution in [2.75, 3.05) is 0 Å². The zero-order chi connectivity index (χ0) is 9.36. The van der Waals surface area contributed by atoms with E-state index in [9.17, 15) is 0 Å². The van der Waals surface area contributed by atoms with Crippen LogP contribution in [0.2, 0.25) is 10.6 Å². The Morgan fingerprint density at radius 2 is 2.00 bits per heavy atom. The van der Waals surface area contributed by atoms with E-state index in [0.29, 0.717) is 15.2 Å². The van der Waals surface area contributed by atoms with Gasteiger partial charge in [0.1, 0.15) is 0 Å². The van der Waals surface area contributed by atoms with E-state index < -0.39 is 0 Å². The number of rotatable bonds is 5. The van der Waals surface area contributed by atoms with Crippen LogP contribution in [-0.2, 0) is 0 Å². The van der Waals surface area contributed by atoms with Crippen molar-refractivity contribution in [3.63, 3.8) is 0 Å². The van der Waals surface area contributed by atoms with Crippen LogP contribution in [0.15, 0.2) is 36.4 Å². The minimum Gasteiger partial charge on any atom is -0.106 e. The molecule has 0 aliphatic carbocycles. The molecule has 0 aliphatic rings. The number of hydrogen-bond donors (Lipinski definition) is 0. The minimum atomic E-state index is 0.701. The van der Waals surface area contributed by atoms with Crippen molar-refractivity contribution in [1.82, 2.24) is 0 Å². The van der Waals surface area contributed by atoms with Gasteiger partial charge in [-0.05, 0) is 12.0 Å². The van der Waals surface area contributed by atoms with Crippen LogP contribution in [0.5, 0.6) is 0 Å². The Labute approximate surface area is 87.4 Å². The maximum atomic E-state index is 2.29. The van der Waals surface area contributed by atoms with E-state index in [1.54, 1.807) is 0 Å². The lowest BCUT2D eigenvalue weighted by Gasteiger charge is -1.91. The summed E-state index contributed by atoms with van der Waals surface area (Å²) < 4.78 is 0. The molecule has 1 aromatic carbocycles. The third-order valence-electron chi connectivity index (χ3n) is 1.94. The predicted molar refractivity (Wildman–Crippen MR) is 61.1 cm³/mol. The van der Waals surface area contributed by atoms with E-state index in [1.807, 2.05) is 0 Å². The van der Waals surface area contributed by atoms with Crippen molar-refractivity contribution >= 4 is 21.3 Å². The molecule has 0 spiro atoms. The van der Waals surface area contributed by atoms with Gasteiger partial charge in [0.15, 0.2) is 15.2 Å². The van der Waals surface area contributed by atoms with E-state index >= 15 is 0 Å². The van der Waals surface area contributed by atoms with Crippen molar-refractivity contribution in [3.05, 3.63) is 42.0 Å². The lowest BCUT2D eigenvalue weighted by molar-refractivity contribution is 1.19. The van der Waals surface area contributed by atoms with Crippen LogP contribution < -0.4 is 0 Å². The molecule has 0 saturated carbocycles. The highest BCUT2D eigenvalue weighted by atomic mass is 27.1. The highest BCUT2D eigenvalue weighted by Gasteiger charge is 1.85. The summed E-state index contributed by atoms with van der Waals surface area (Å²) in [6.07, 6.45) is 5.76. The molecule has 67 valence electrons. The first-order chi connectivity index (χ1) is 6.43. The molecule has 1 heteroatoms. The van der Waals surface area contributed by atoms with Gasteiger partial charge >= 0.3 is 0 Å². The average Bonchev–Trinajstić information content (AvgIpc) is 2.19. The van der Waals surface area contributed by atoms with Crippen molar-refractivity contribution < 1.29 is 0 Å². The maximum absolute atomic E-state index is 2.29. The van der Waals surface area contributed by atoms with Gasteiger partial charge in [0.05, 0.1) is 0 Å². The lowest BCUT2D eigenvalue weighted by atomic mass is 10.2. The molecule has 0 aromatic heterocycles. The normalized spacial score (nSPS) is 10.5. The van der Waals surface area contributed by atoms with Crippen molar-refractivity contribution in [3.8, 4) is 0 Å². The fourth-order valence-corrected chi connectivity index (χ4v) is 2.04. The number of hydrogen-bond acceptors (Lipinski definition) is 0. The van der Waals surface area contributed by atoms with Crippen LogP contribution in [0, 0.1) is 0 Å². The molecule has 0 bridgehead atoms. The lowest BCUT2D eigenvalue weighted by Crippen LogP contribution is -1.82. The summed E-state index contributed by atoms with van der Waals surface area (Å²) >= 11 is 0.701. The molecule has 0 aliphatic heterocycles. The molecular formula is C12H16Al. The standard InChI is InChI=1S/C10H11.C2H5.Al/c1-2-3-7-10-8-5-4-6-9-10;1-2;/h3-9H,1-2H2;1H2,2H3;. The maximum Gasteiger partial charge on any atom is 0.199 e. The highest BCUT2D eigenvalue weighted by molar-refractivity contribution is 6.35. The molecule has 0 nitrogen and oxygen atoms in total. The first-order valence-corrected chi connectivity index (χ1v) is 6.60. The average molecular weight is 187 g/mol. The molecule has 0 N–H and O–H groups in total. The number of allylic oxidation sites excluding steroid dienone is 1. The summed E-state index contributed by atoms with van der Waals surface area (Å²) in [4.78, 5) is 0. The van der Waals surface area contributed by atoms with Crippen LogP contribution in [0.1, 0.15) is 18.9 Å². The first kappa shape index (κ1) is 10.6. The minimum absolute atomic E-state index is 0.701. The van der Waals surface area contributed by atoms with Crippen LogP contribution >= 0.6 is 0 Å². The van der Waals surface area contributed by atoms with Gasteiger partial charge in [-0.3, -0.25) is 0 Å². The second-order valence-electron chi connectivity index (χ2n) is 3.09. The first-order valence-electron chi connectivity index (χ1n) is 4.96. The van der Waals surface area contributed by atoms with Gasteiger partial charge in [0, 0.05) is 0 Å². The van der Waals surface area contributed by atoms with E-state index in [1.165, 1.54) is 22.5 Å². The van der Waals surface area contributed by atoms with Gasteiger partial charge in [-0.2, -0.15) is 0 Å². The van der Waals surface area contributed by atoms with Crippen LogP contribution in [-0.4, -0.2) is 15.2 Å². The van der Waals surface area contributed by atoms with Gasteiger partial charge in [0.25, 0.3) is 0 Å². The highest BCUT2D eigenvalue weighted by Crippen LogP contribution is 2.03. The number of benzene rings is 1. The summed E-state index contributed by atoms with van der Waals surface area (Å²) in [5.41, 5.74) is 1.31. The van der Waals surface area contributed by atoms with E-state index in [-0.39, 0.29) is 0 Å². The summed E-state index contributed by atoms with van der Waals surface area (Å²) in [6, 6.07) is 10.5. The fourth-order valence-electron chi connectivity index (χ4n) is 1.20. The van der Waals surface area contributed by atoms with E-state index in [2.05, 4.69) is 49.4 Å². The third-order valence-corrected chi connectivity index (χ3v) is 3.25. The fraction of sp³-hybridized carbons (Fsp3) is 0.333. The molecule has 1 radical (unpaired) electrons. The molecule has 0 unspecified atom stereocenters. The Bertz CT molecular complexity index is 239. The summed E-state index contributed by atoms with van der Waals surface area (Å²) in [7, 11) is 0. The Hall–Kier alpha value is -0.508. The molecular weight excluding hydrogens is 171 g/mol. The second-order valence-corrected chi connectivity index (χ2v) is 5.06.